The van der Waals surface area contributed by atoms with Gasteiger partial charge in [0, 0.05) is 31.9 Å². The summed E-state index contributed by atoms with van der Waals surface area (Å²) in [5.74, 6) is 0.716. The predicted molar refractivity (Wildman–Crippen MR) is 82.7 cm³/mol. The van der Waals surface area contributed by atoms with E-state index in [1.54, 1.807) is 19.0 Å². The molecule has 1 fully saturated rings. The number of nitrogens with zero attached hydrogens (tertiary/aromatic N) is 3. The molecule has 0 radical (unpaired) electrons. The second-order valence-corrected chi connectivity index (χ2v) is 8.50. The van der Waals surface area contributed by atoms with Crippen LogP contribution in [0.25, 0.3) is 0 Å². The molecule has 1 rings (SSSR count). The van der Waals surface area contributed by atoms with E-state index in [1.165, 1.54) is 20.4 Å². The number of hydrogen-bond donors (Lipinski definition) is 0. The number of amides is 1. The summed E-state index contributed by atoms with van der Waals surface area (Å²) in [6, 6.07) is -0.678. The van der Waals surface area contributed by atoms with Gasteiger partial charge in [-0.05, 0) is 27.7 Å². The number of rotatable bonds is 5. The fourth-order valence-electron chi connectivity index (χ4n) is 1.77. The fraction of sp³-hybridized carbons (Fsp3) is 0.917. The Balaban J connectivity index is 2.98. The lowest BCUT2D eigenvalue weighted by Crippen LogP contribution is -2.53. The molecule has 1 amide bonds. The molecule has 0 saturated carbocycles. The van der Waals surface area contributed by atoms with Gasteiger partial charge in [-0.3, -0.25) is 4.79 Å². The molecule has 0 aromatic carbocycles. The largest absolute Gasteiger partial charge is 0.342 e. The average Bonchev–Trinajstić information content (AvgIpc) is 2.85. The summed E-state index contributed by atoms with van der Waals surface area (Å²) in [4.78, 5) is 14.0. The maximum absolute atomic E-state index is 12.5. The molecular weight excluding hydrogens is 298 g/mol. The van der Waals surface area contributed by atoms with Crippen molar-refractivity contribution >= 4 is 27.9 Å². The Morgan fingerprint density at radius 2 is 1.75 bits per heavy atom. The first-order valence-corrected chi connectivity index (χ1v) is 9.25. The third kappa shape index (κ3) is 3.47. The van der Waals surface area contributed by atoms with Crippen molar-refractivity contribution in [1.29, 1.82) is 0 Å². The minimum atomic E-state index is -3.59. The van der Waals surface area contributed by atoms with Crippen LogP contribution in [0.2, 0.25) is 0 Å². The average molecular weight is 323 g/mol. The zero-order chi connectivity index (χ0) is 15.7. The summed E-state index contributed by atoms with van der Waals surface area (Å²) in [6.45, 7) is 7.47. The highest BCUT2D eigenvalue weighted by atomic mass is 32.2. The molecule has 6 nitrogen and oxygen atoms in total. The highest BCUT2D eigenvalue weighted by molar-refractivity contribution is 8.00. The van der Waals surface area contributed by atoms with Gasteiger partial charge < -0.3 is 4.90 Å². The van der Waals surface area contributed by atoms with Crippen LogP contribution in [0.15, 0.2) is 0 Å². The molecule has 0 aromatic heterocycles. The Labute approximate surface area is 126 Å². The van der Waals surface area contributed by atoms with Gasteiger partial charge in [-0.15, -0.1) is 11.8 Å². The Morgan fingerprint density at radius 1 is 1.20 bits per heavy atom. The van der Waals surface area contributed by atoms with Gasteiger partial charge in [-0.2, -0.15) is 17.0 Å². The first-order chi connectivity index (χ1) is 9.10. The Kier molecular flexibility index (Phi) is 5.89. The summed E-state index contributed by atoms with van der Waals surface area (Å²) >= 11 is 1.48. The highest BCUT2D eigenvalue weighted by Crippen LogP contribution is 2.27. The molecule has 0 aromatic rings. The van der Waals surface area contributed by atoms with Crippen molar-refractivity contribution in [1.82, 2.24) is 13.5 Å². The van der Waals surface area contributed by atoms with E-state index >= 15 is 0 Å². The predicted octanol–water partition coefficient (Wildman–Crippen LogP) is 0.813. The van der Waals surface area contributed by atoms with Crippen LogP contribution < -0.4 is 0 Å². The molecule has 1 atom stereocenters. The first-order valence-electron chi connectivity index (χ1n) is 6.70. The molecule has 20 heavy (non-hydrogen) atoms. The lowest BCUT2D eigenvalue weighted by molar-refractivity contribution is -0.134. The van der Waals surface area contributed by atoms with E-state index in [0.717, 1.165) is 0 Å². The normalized spacial score (nSPS) is 21.1. The van der Waals surface area contributed by atoms with Crippen LogP contribution in [-0.2, 0) is 15.0 Å². The van der Waals surface area contributed by atoms with Crippen LogP contribution in [0, 0.1) is 0 Å². The lowest BCUT2D eigenvalue weighted by Gasteiger charge is -2.32. The van der Waals surface area contributed by atoms with Gasteiger partial charge in [0.05, 0.1) is 5.88 Å². The molecule has 1 aliphatic heterocycles. The quantitative estimate of drug-likeness (QED) is 0.751. The maximum atomic E-state index is 12.5. The van der Waals surface area contributed by atoms with Crippen molar-refractivity contribution < 1.29 is 13.2 Å². The van der Waals surface area contributed by atoms with Crippen LogP contribution in [0.3, 0.4) is 0 Å². The topological polar surface area (TPSA) is 60.9 Å². The number of hydrogen-bond acceptors (Lipinski definition) is 4. The van der Waals surface area contributed by atoms with Crippen LogP contribution in [-0.4, -0.2) is 71.7 Å². The Morgan fingerprint density at radius 3 is 2.20 bits per heavy atom. The summed E-state index contributed by atoms with van der Waals surface area (Å²) in [7, 11) is -0.326. The molecule has 1 saturated heterocycles. The van der Waals surface area contributed by atoms with E-state index in [2.05, 4.69) is 0 Å². The lowest BCUT2D eigenvalue weighted by atomic mass is 10.2. The van der Waals surface area contributed by atoms with Crippen molar-refractivity contribution in [2.75, 3.05) is 25.7 Å². The minimum absolute atomic E-state index is 0.0560. The summed E-state index contributed by atoms with van der Waals surface area (Å²) in [6.07, 6.45) is 0. The van der Waals surface area contributed by atoms with Gasteiger partial charge in [0.15, 0.2) is 0 Å². The molecule has 0 bridgehead atoms. The Hall–Kier alpha value is -0.310. The maximum Gasteiger partial charge on any atom is 0.283 e. The zero-order valence-electron chi connectivity index (χ0n) is 13.0. The number of carbonyl (C=O) groups is 1. The van der Waals surface area contributed by atoms with Crippen LogP contribution in [0.4, 0.5) is 0 Å². The second-order valence-electron chi connectivity index (χ2n) is 5.56. The molecule has 1 aliphatic rings. The van der Waals surface area contributed by atoms with Crippen molar-refractivity contribution in [2.45, 2.75) is 45.8 Å². The van der Waals surface area contributed by atoms with Gasteiger partial charge in [-0.1, -0.05) is 0 Å². The molecule has 0 aliphatic carbocycles. The third-order valence-corrected chi connectivity index (χ3v) is 6.94. The number of likely N-dealkylation sites (N-methyl/N-ethyl adjacent to an activating group) is 1. The van der Waals surface area contributed by atoms with Gasteiger partial charge in [-0.25, -0.2) is 0 Å². The zero-order valence-corrected chi connectivity index (χ0v) is 14.7. The van der Waals surface area contributed by atoms with E-state index in [-0.39, 0.29) is 18.0 Å². The molecule has 0 unspecified atom stereocenters. The van der Waals surface area contributed by atoms with Crippen LogP contribution in [0.5, 0.6) is 0 Å². The standard InChI is InChI=1S/C12H25N3O3S2/c1-9(2)13(5)12(16)11-7-19-8-15(11)20(17,18)14(6)10(3)4/h9-11H,7-8H2,1-6H3/t11-/m1/s1. The second kappa shape index (κ2) is 6.64. The van der Waals surface area contributed by atoms with Crippen LogP contribution >= 0.6 is 11.8 Å². The van der Waals surface area contributed by atoms with Gasteiger partial charge in [0.2, 0.25) is 5.91 Å². The van der Waals surface area contributed by atoms with E-state index in [9.17, 15) is 13.2 Å². The van der Waals surface area contributed by atoms with Crippen LogP contribution in [0.1, 0.15) is 27.7 Å². The molecule has 0 N–H and O–H groups in total. The number of carbonyl (C=O) groups excluding carboxylic acids is 1. The van der Waals surface area contributed by atoms with Gasteiger partial charge >= 0.3 is 0 Å². The van der Waals surface area contributed by atoms with E-state index < -0.39 is 16.3 Å². The van der Waals surface area contributed by atoms with E-state index in [1.807, 2.05) is 27.7 Å². The number of thioether (sulfide) groups is 1. The van der Waals surface area contributed by atoms with E-state index in [0.29, 0.717) is 11.6 Å². The molecular formula is C12H25N3O3S2. The van der Waals surface area contributed by atoms with Gasteiger partial charge in [0.25, 0.3) is 10.2 Å². The SMILES string of the molecule is CC(C)N(C)C(=O)[C@H]1CSCN1S(=O)(=O)N(C)C(C)C. The molecule has 0 spiro atoms. The minimum Gasteiger partial charge on any atom is -0.342 e. The monoisotopic (exact) mass is 323 g/mol. The van der Waals surface area contributed by atoms with Crippen molar-refractivity contribution in [3.63, 3.8) is 0 Å². The third-order valence-electron chi connectivity index (χ3n) is 3.64. The smallest absolute Gasteiger partial charge is 0.283 e. The molecule has 1 heterocycles. The highest BCUT2D eigenvalue weighted by Gasteiger charge is 2.42. The van der Waals surface area contributed by atoms with Crippen molar-refractivity contribution in [2.24, 2.45) is 0 Å². The van der Waals surface area contributed by atoms with Crippen molar-refractivity contribution in [3.8, 4) is 0 Å². The molecule has 8 heteroatoms. The first kappa shape index (κ1) is 17.7. The fourth-order valence-corrected chi connectivity index (χ4v) is 4.98. The Bertz CT molecular complexity index is 451. The van der Waals surface area contributed by atoms with Gasteiger partial charge in [0.1, 0.15) is 6.04 Å². The summed E-state index contributed by atoms with van der Waals surface area (Å²) in [5.41, 5.74) is 0. The van der Waals surface area contributed by atoms with Crippen molar-refractivity contribution in [3.05, 3.63) is 0 Å². The summed E-state index contributed by atoms with van der Waals surface area (Å²) < 4.78 is 27.7. The van der Waals surface area contributed by atoms with E-state index in [4.69, 9.17) is 0 Å². The summed E-state index contributed by atoms with van der Waals surface area (Å²) in [5, 5.41) is 0. The molecule has 118 valence electrons.